The molecule has 0 bridgehead atoms. The Morgan fingerprint density at radius 2 is 1.86 bits per heavy atom. The molecule has 2 aromatic heterocycles. The number of nitrogens with zero attached hydrogens (tertiary/aromatic N) is 1. The number of ether oxygens (including phenoxy) is 1. The van der Waals surface area contributed by atoms with Crippen molar-refractivity contribution in [3.05, 3.63) is 80.9 Å². The average Bonchev–Trinajstić information content (AvgIpc) is 3.44. The van der Waals surface area contributed by atoms with Crippen LogP contribution in [0.2, 0.25) is 0 Å². The molecule has 146 valence electrons. The summed E-state index contributed by atoms with van der Waals surface area (Å²) in [7, 11) is 0. The standard InChI is InChI=1S/C21H15NO6S/c1-12-4-7-18(29-12)17(23)11-28-21(26)13-5-6-15-16(9-13)20(25)22(19(15)24)10-14-3-2-8-27-14/h2-9H,10-11H2,1H3. The Balaban J connectivity index is 1.47. The van der Waals surface area contributed by atoms with E-state index in [4.69, 9.17) is 9.15 Å². The highest BCUT2D eigenvalue weighted by atomic mass is 32.1. The van der Waals surface area contributed by atoms with Gasteiger partial charge in [0.1, 0.15) is 5.76 Å². The van der Waals surface area contributed by atoms with Crippen LogP contribution in [-0.4, -0.2) is 35.1 Å². The summed E-state index contributed by atoms with van der Waals surface area (Å²) in [6.07, 6.45) is 1.46. The molecule has 1 aromatic carbocycles. The molecular weight excluding hydrogens is 394 g/mol. The van der Waals surface area contributed by atoms with Crippen LogP contribution in [0.25, 0.3) is 0 Å². The fourth-order valence-corrected chi connectivity index (χ4v) is 3.78. The van der Waals surface area contributed by atoms with Gasteiger partial charge in [-0.3, -0.25) is 19.3 Å². The monoisotopic (exact) mass is 409 g/mol. The van der Waals surface area contributed by atoms with Crippen LogP contribution in [0.4, 0.5) is 0 Å². The number of furan rings is 1. The topological polar surface area (TPSA) is 93.9 Å². The molecule has 4 rings (SSSR count). The van der Waals surface area contributed by atoms with E-state index in [1.54, 1.807) is 18.2 Å². The third kappa shape index (κ3) is 3.62. The van der Waals surface area contributed by atoms with Crippen LogP contribution in [0.1, 0.15) is 51.4 Å². The highest BCUT2D eigenvalue weighted by molar-refractivity contribution is 7.14. The van der Waals surface area contributed by atoms with Gasteiger partial charge in [-0.25, -0.2) is 4.79 Å². The Morgan fingerprint density at radius 1 is 1.07 bits per heavy atom. The Morgan fingerprint density at radius 3 is 2.55 bits per heavy atom. The molecular formula is C21H15NO6S. The normalized spacial score (nSPS) is 12.9. The molecule has 0 unspecified atom stereocenters. The van der Waals surface area contributed by atoms with E-state index in [1.165, 1.54) is 35.8 Å². The van der Waals surface area contributed by atoms with Crippen molar-refractivity contribution in [2.24, 2.45) is 0 Å². The zero-order chi connectivity index (χ0) is 20.5. The van der Waals surface area contributed by atoms with E-state index in [1.807, 2.05) is 13.0 Å². The third-order valence-corrected chi connectivity index (χ3v) is 5.49. The molecule has 7 nitrogen and oxygen atoms in total. The molecule has 0 spiro atoms. The second kappa shape index (κ2) is 7.48. The molecule has 0 saturated heterocycles. The van der Waals surface area contributed by atoms with Crippen LogP contribution in [-0.2, 0) is 11.3 Å². The minimum atomic E-state index is -0.737. The van der Waals surface area contributed by atoms with Crippen molar-refractivity contribution in [2.45, 2.75) is 13.5 Å². The second-order valence-electron chi connectivity index (χ2n) is 6.45. The van der Waals surface area contributed by atoms with Crippen LogP contribution in [0.5, 0.6) is 0 Å². The van der Waals surface area contributed by atoms with Crippen LogP contribution < -0.4 is 0 Å². The maximum atomic E-state index is 12.6. The number of hydrogen-bond donors (Lipinski definition) is 0. The predicted molar refractivity (Wildman–Crippen MR) is 103 cm³/mol. The number of rotatable bonds is 6. The van der Waals surface area contributed by atoms with E-state index < -0.39 is 24.4 Å². The van der Waals surface area contributed by atoms with Crippen molar-refractivity contribution in [3.63, 3.8) is 0 Å². The number of amides is 2. The van der Waals surface area contributed by atoms with Gasteiger partial charge in [-0.1, -0.05) is 0 Å². The molecule has 0 atom stereocenters. The maximum absolute atomic E-state index is 12.6. The van der Waals surface area contributed by atoms with E-state index in [9.17, 15) is 19.2 Å². The Labute approximate surface area is 169 Å². The van der Waals surface area contributed by atoms with Gasteiger partial charge in [0.15, 0.2) is 6.61 Å². The summed E-state index contributed by atoms with van der Waals surface area (Å²) in [5.41, 5.74) is 0.430. The average molecular weight is 409 g/mol. The molecule has 0 saturated carbocycles. The van der Waals surface area contributed by atoms with Crippen molar-refractivity contribution >= 4 is 34.9 Å². The lowest BCUT2D eigenvalue weighted by atomic mass is 10.1. The summed E-state index contributed by atoms with van der Waals surface area (Å²) in [6, 6.07) is 11.0. The van der Waals surface area contributed by atoms with Crippen molar-refractivity contribution in [2.75, 3.05) is 6.61 Å². The van der Waals surface area contributed by atoms with Crippen LogP contribution in [0, 0.1) is 6.92 Å². The number of Topliss-reactive ketones (excluding diaryl/α,β-unsaturated/α-hetero) is 1. The van der Waals surface area contributed by atoms with E-state index >= 15 is 0 Å². The molecule has 0 aliphatic carbocycles. The van der Waals surface area contributed by atoms with E-state index in [0.717, 1.165) is 9.78 Å². The number of thiophene rings is 1. The van der Waals surface area contributed by atoms with Gasteiger partial charge < -0.3 is 9.15 Å². The van der Waals surface area contributed by atoms with Crippen LogP contribution in [0.15, 0.2) is 53.1 Å². The number of hydrogen-bond acceptors (Lipinski definition) is 7. The summed E-state index contributed by atoms with van der Waals surface area (Å²) >= 11 is 1.33. The molecule has 1 aliphatic rings. The zero-order valence-corrected chi connectivity index (χ0v) is 16.2. The van der Waals surface area contributed by atoms with Crippen LogP contribution >= 0.6 is 11.3 Å². The van der Waals surface area contributed by atoms with Crippen molar-refractivity contribution in [1.82, 2.24) is 4.90 Å². The molecule has 29 heavy (non-hydrogen) atoms. The predicted octanol–water partition coefficient (Wildman–Crippen LogP) is 3.49. The summed E-state index contributed by atoms with van der Waals surface area (Å²) in [6.45, 7) is 1.49. The van der Waals surface area contributed by atoms with E-state index in [-0.39, 0.29) is 29.0 Å². The lowest BCUT2D eigenvalue weighted by Gasteiger charge is -2.11. The number of imide groups is 1. The largest absolute Gasteiger partial charge is 0.467 e. The third-order valence-electron chi connectivity index (χ3n) is 4.45. The van der Waals surface area contributed by atoms with Gasteiger partial charge in [0.2, 0.25) is 5.78 Å². The van der Waals surface area contributed by atoms with Gasteiger partial charge in [0, 0.05) is 4.88 Å². The number of benzene rings is 1. The van der Waals surface area contributed by atoms with Gasteiger partial charge in [-0.15, -0.1) is 11.3 Å². The number of esters is 1. The van der Waals surface area contributed by atoms with Gasteiger partial charge in [-0.05, 0) is 49.4 Å². The molecule has 3 aromatic rings. The minimum absolute atomic E-state index is 0.00780. The number of carbonyl (C=O) groups excluding carboxylic acids is 4. The summed E-state index contributed by atoms with van der Waals surface area (Å²) < 4.78 is 10.3. The van der Waals surface area contributed by atoms with Gasteiger partial charge in [0.25, 0.3) is 11.8 Å². The highest BCUT2D eigenvalue weighted by Gasteiger charge is 2.36. The van der Waals surface area contributed by atoms with Gasteiger partial charge in [-0.2, -0.15) is 0 Å². The summed E-state index contributed by atoms with van der Waals surface area (Å²) in [5.74, 6) is -1.53. The van der Waals surface area contributed by atoms with Crippen LogP contribution in [0.3, 0.4) is 0 Å². The molecule has 3 heterocycles. The quantitative estimate of drug-likeness (QED) is 0.351. The smallest absolute Gasteiger partial charge is 0.338 e. The Kier molecular flexibility index (Phi) is 4.85. The molecule has 2 amide bonds. The SMILES string of the molecule is Cc1ccc(C(=O)COC(=O)c2ccc3c(c2)C(=O)N(Cc2ccco2)C3=O)s1. The number of aryl methyl sites for hydroxylation is 1. The fraction of sp³-hybridized carbons (Fsp3) is 0.143. The molecule has 8 heteroatoms. The van der Waals surface area contributed by atoms with Crippen molar-refractivity contribution in [1.29, 1.82) is 0 Å². The first-order valence-electron chi connectivity index (χ1n) is 8.73. The Hall–Kier alpha value is -3.52. The lowest BCUT2D eigenvalue weighted by molar-refractivity contribution is 0.0475. The first-order chi connectivity index (χ1) is 13.9. The fourth-order valence-electron chi connectivity index (χ4n) is 2.99. The zero-order valence-electron chi connectivity index (χ0n) is 15.3. The Bertz CT molecular complexity index is 1130. The number of carbonyl (C=O) groups is 4. The molecule has 0 N–H and O–H groups in total. The second-order valence-corrected chi connectivity index (χ2v) is 7.73. The van der Waals surface area contributed by atoms with E-state index in [0.29, 0.717) is 10.6 Å². The van der Waals surface area contributed by atoms with Crippen molar-refractivity contribution in [3.8, 4) is 0 Å². The van der Waals surface area contributed by atoms with Crippen molar-refractivity contribution < 1.29 is 28.3 Å². The molecule has 0 radical (unpaired) electrons. The number of ketones is 1. The highest BCUT2D eigenvalue weighted by Crippen LogP contribution is 2.26. The first-order valence-corrected chi connectivity index (χ1v) is 9.55. The lowest BCUT2D eigenvalue weighted by Crippen LogP contribution is -2.28. The first kappa shape index (κ1) is 18.8. The number of fused-ring (bicyclic) bond motifs is 1. The van der Waals surface area contributed by atoms with E-state index in [2.05, 4.69) is 0 Å². The molecule has 1 aliphatic heterocycles. The van der Waals surface area contributed by atoms with Gasteiger partial charge >= 0.3 is 5.97 Å². The summed E-state index contributed by atoms with van der Waals surface area (Å²) in [5, 5.41) is 0. The molecule has 0 fully saturated rings. The van der Waals surface area contributed by atoms with Gasteiger partial charge in [0.05, 0.1) is 34.4 Å². The summed E-state index contributed by atoms with van der Waals surface area (Å²) in [4.78, 5) is 52.1. The minimum Gasteiger partial charge on any atom is -0.467 e. The maximum Gasteiger partial charge on any atom is 0.338 e.